The third-order valence-corrected chi connectivity index (χ3v) is 4.69. The van der Waals surface area contributed by atoms with Crippen molar-refractivity contribution in [1.82, 2.24) is 5.32 Å². The number of imide groups is 2. The van der Waals surface area contributed by atoms with Gasteiger partial charge in [0.05, 0.1) is 12.3 Å². The first-order valence-electron chi connectivity index (χ1n) is 9.86. The number of carbonyl (C=O) groups excluding carboxylic acids is 3. The maximum absolute atomic E-state index is 13.1. The summed E-state index contributed by atoms with van der Waals surface area (Å²) in [5, 5.41) is 11.2. The van der Waals surface area contributed by atoms with Gasteiger partial charge in [-0.15, -0.1) is 0 Å². The third-order valence-electron chi connectivity index (χ3n) is 4.69. The third kappa shape index (κ3) is 4.61. The normalized spacial score (nSPS) is 16.0. The Bertz CT molecular complexity index is 1120. The minimum absolute atomic E-state index is 0.208. The molecule has 0 radical (unpaired) electrons. The van der Waals surface area contributed by atoms with Gasteiger partial charge in [0.25, 0.3) is 11.8 Å². The number of carbonyl (C=O) groups is 4. The molecular formula is C23H22N2O7. The highest BCUT2D eigenvalue weighted by Gasteiger charge is 2.37. The molecule has 0 saturated carbocycles. The highest BCUT2D eigenvalue weighted by molar-refractivity contribution is 6.39. The van der Waals surface area contributed by atoms with Crippen molar-refractivity contribution in [1.29, 1.82) is 0 Å². The maximum atomic E-state index is 13.1. The van der Waals surface area contributed by atoms with Gasteiger partial charge < -0.3 is 14.6 Å². The molecule has 3 rings (SSSR count). The minimum atomic E-state index is -1.14. The molecule has 1 atom stereocenters. The smallest absolute Gasteiger partial charge is 0.344 e. The molecule has 0 bridgehead atoms. The van der Waals surface area contributed by atoms with E-state index in [2.05, 4.69) is 5.32 Å². The molecule has 1 fully saturated rings. The number of urea groups is 1. The Kier molecular flexibility index (Phi) is 6.58. The number of carboxylic acid groups (broad SMARTS) is 1. The molecule has 9 nitrogen and oxygen atoms in total. The Morgan fingerprint density at radius 1 is 1.16 bits per heavy atom. The number of para-hydroxylation sites is 1. The summed E-state index contributed by atoms with van der Waals surface area (Å²) in [7, 11) is 0. The first-order valence-corrected chi connectivity index (χ1v) is 9.86. The molecular weight excluding hydrogens is 416 g/mol. The van der Waals surface area contributed by atoms with Gasteiger partial charge >= 0.3 is 12.0 Å². The molecule has 2 aromatic rings. The van der Waals surface area contributed by atoms with E-state index < -0.39 is 29.9 Å². The monoisotopic (exact) mass is 438 g/mol. The fourth-order valence-corrected chi connectivity index (χ4v) is 3.08. The highest BCUT2D eigenvalue weighted by atomic mass is 16.5. The quantitative estimate of drug-likeness (QED) is 0.503. The number of carboxylic acids is 1. The minimum Gasteiger partial charge on any atom is -0.490 e. The van der Waals surface area contributed by atoms with Crippen molar-refractivity contribution in [2.24, 2.45) is 0 Å². The number of aryl methyl sites for hydroxylation is 1. The molecule has 1 aliphatic rings. The number of ether oxygens (including phenoxy) is 2. The summed E-state index contributed by atoms with van der Waals surface area (Å²) < 4.78 is 10.9. The number of aliphatic carboxylic acids is 1. The van der Waals surface area contributed by atoms with Crippen LogP contribution in [0.5, 0.6) is 11.5 Å². The lowest BCUT2D eigenvalue weighted by Crippen LogP contribution is -2.54. The summed E-state index contributed by atoms with van der Waals surface area (Å²) in [5.74, 6) is -2.25. The number of hydrogen-bond acceptors (Lipinski definition) is 6. The van der Waals surface area contributed by atoms with Crippen molar-refractivity contribution >= 4 is 35.6 Å². The standard InChI is InChI=1S/C23H22N2O7/c1-4-31-19-12-15(9-10-18(19)32-14(3)22(28)29)11-16-20(26)24-23(30)25(21(16)27)17-8-6-5-7-13(17)2/h5-12,14H,4H2,1-3H3,(H,28,29)(H,24,26,30)/b16-11-/t14-/m1/s1. The lowest BCUT2D eigenvalue weighted by Gasteiger charge is -2.27. The molecule has 166 valence electrons. The van der Waals surface area contributed by atoms with Gasteiger partial charge in [0.2, 0.25) is 0 Å². The van der Waals surface area contributed by atoms with E-state index >= 15 is 0 Å². The van der Waals surface area contributed by atoms with Crippen LogP contribution in [0.15, 0.2) is 48.0 Å². The molecule has 4 amide bonds. The topological polar surface area (TPSA) is 122 Å². The van der Waals surface area contributed by atoms with Crippen LogP contribution in [0.2, 0.25) is 0 Å². The van der Waals surface area contributed by atoms with Gasteiger partial charge in [-0.05, 0) is 56.2 Å². The van der Waals surface area contributed by atoms with Gasteiger partial charge in [0.1, 0.15) is 5.57 Å². The predicted octanol–water partition coefficient (Wildman–Crippen LogP) is 2.91. The SMILES string of the molecule is CCOc1cc(/C=C2/C(=O)NC(=O)N(c3ccccc3C)C2=O)ccc1O[C@H](C)C(=O)O. The van der Waals surface area contributed by atoms with Crippen LogP contribution in [0, 0.1) is 6.92 Å². The summed E-state index contributed by atoms with van der Waals surface area (Å²) in [4.78, 5) is 49.8. The van der Waals surface area contributed by atoms with E-state index in [1.807, 2.05) is 0 Å². The second-order valence-electron chi connectivity index (χ2n) is 6.98. The van der Waals surface area contributed by atoms with E-state index in [0.717, 1.165) is 4.90 Å². The second-order valence-corrected chi connectivity index (χ2v) is 6.98. The van der Waals surface area contributed by atoms with E-state index in [0.29, 0.717) is 16.8 Å². The lowest BCUT2D eigenvalue weighted by molar-refractivity contribution is -0.144. The van der Waals surface area contributed by atoms with Gasteiger partial charge in [-0.25, -0.2) is 14.5 Å². The Hall–Kier alpha value is -4.14. The molecule has 1 saturated heterocycles. The number of nitrogens with one attached hydrogen (secondary N) is 1. The molecule has 2 N–H and O–H groups in total. The maximum Gasteiger partial charge on any atom is 0.344 e. The largest absolute Gasteiger partial charge is 0.490 e. The van der Waals surface area contributed by atoms with Crippen LogP contribution in [0.25, 0.3) is 6.08 Å². The van der Waals surface area contributed by atoms with Crippen LogP contribution in [0.4, 0.5) is 10.5 Å². The van der Waals surface area contributed by atoms with Crippen LogP contribution in [0.1, 0.15) is 25.0 Å². The molecule has 1 aliphatic heterocycles. The lowest BCUT2D eigenvalue weighted by atomic mass is 10.1. The van der Waals surface area contributed by atoms with Gasteiger partial charge in [-0.1, -0.05) is 24.3 Å². The van der Waals surface area contributed by atoms with E-state index in [1.54, 1.807) is 44.2 Å². The molecule has 0 unspecified atom stereocenters. The van der Waals surface area contributed by atoms with Gasteiger partial charge in [0.15, 0.2) is 17.6 Å². The van der Waals surface area contributed by atoms with Crippen LogP contribution in [0.3, 0.4) is 0 Å². The number of rotatable bonds is 7. The second kappa shape index (κ2) is 9.34. The summed E-state index contributed by atoms with van der Waals surface area (Å²) >= 11 is 0. The van der Waals surface area contributed by atoms with Crippen molar-refractivity contribution in [2.75, 3.05) is 11.5 Å². The first kappa shape index (κ1) is 22.5. The van der Waals surface area contributed by atoms with E-state index in [-0.39, 0.29) is 23.7 Å². The highest BCUT2D eigenvalue weighted by Crippen LogP contribution is 2.31. The Morgan fingerprint density at radius 3 is 2.53 bits per heavy atom. The predicted molar refractivity (Wildman–Crippen MR) is 116 cm³/mol. The molecule has 2 aromatic carbocycles. The molecule has 9 heteroatoms. The summed E-state index contributed by atoms with van der Waals surface area (Å²) in [6, 6.07) is 10.6. The molecule has 0 aromatic heterocycles. The summed E-state index contributed by atoms with van der Waals surface area (Å²) in [5.41, 5.74) is 1.26. The molecule has 0 spiro atoms. The van der Waals surface area contributed by atoms with E-state index in [1.165, 1.54) is 25.1 Å². The zero-order valence-corrected chi connectivity index (χ0v) is 17.7. The van der Waals surface area contributed by atoms with Gasteiger partial charge in [-0.3, -0.25) is 14.9 Å². The van der Waals surface area contributed by atoms with Crippen molar-refractivity contribution in [3.8, 4) is 11.5 Å². The number of nitrogens with zero attached hydrogens (tertiary/aromatic N) is 1. The zero-order valence-electron chi connectivity index (χ0n) is 17.7. The average Bonchev–Trinajstić information content (AvgIpc) is 2.74. The Balaban J connectivity index is 1.98. The van der Waals surface area contributed by atoms with Crippen molar-refractivity contribution in [3.05, 3.63) is 59.2 Å². The Morgan fingerprint density at radius 2 is 1.88 bits per heavy atom. The number of anilines is 1. The van der Waals surface area contributed by atoms with Gasteiger partial charge in [0, 0.05) is 0 Å². The van der Waals surface area contributed by atoms with Crippen molar-refractivity contribution in [2.45, 2.75) is 26.9 Å². The van der Waals surface area contributed by atoms with E-state index in [4.69, 9.17) is 14.6 Å². The molecule has 0 aliphatic carbocycles. The van der Waals surface area contributed by atoms with Gasteiger partial charge in [-0.2, -0.15) is 0 Å². The summed E-state index contributed by atoms with van der Waals surface area (Å²) in [6.07, 6.45) is 0.236. The number of benzene rings is 2. The number of amides is 4. The zero-order chi connectivity index (χ0) is 23.4. The van der Waals surface area contributed by atoms with Crippen molar-refractivity contribution < 1.29 is 33.8 Å². The van der Waals surface area contributed by atoms with Crippen LogP contribution in [-0.4, -0.2) is 41.6 Å². The summed E-state index contributed by atoms with van der Waals surface area (Å²) in [6.45, 7) is 5.17. The molecule has 1 heterocycles. The molecule has 32 heavy (non-hydrogen) atoms. The van der Waals surface area contributed by atoms with E-state index in [9.17, 15) is 19.2 Å². The number of hydrogen-bond donors (Lipinski definition) is 2. The number of barbiturate groups is 1. The van der Waals surface area contributed by atoms with Crippen LogP contribution < -0.4 is 19.7 Å². The van der Waals surface area contributed by atoms with Crippen LogP contribution >= 0.6 is 0 Å². The van der Waals surface area contributed by atoms with Crippen LogP contribution in [-0.2, 0) is 14.4 Å². The average molecular weight is 438 g/mol. The first-order chi connectivity index (χ1) is 15.2. The Labute approximate surface area is 184 Å². The fourth-order valence-electron chi connectivity index (χ4n) is 3.08. The fraction of sp³-hybridized carbons (Fsp3) is 0.217. The van der Waals surface area contributed by atoms with Crippen molar-refractivity contribution in [3.63, 3.8) is 0 Å².